The minimum absolute atomic E-state index is 0.0886. The van der Waals surface area contributed by atoms with Gasteiger partial charge in [0.1, 0.15) is 7.85 Å². The first-order valence-electron chi connectivity index (χ1n) is 9.88. The molecule has 0 saturated heterocycles. The van der Waals surface area contributed by atoms with Crippen LogP contribution in [0.3, 0.4) is 0 Å². The van der Waals surface area contributed by atoms with Gasteiger partial charge < -0.3 is 4.74 Å². The summed E-state index contributed by atoms with van der Waals surface area (Å²) in [6.07, 6.45) is 10.5. The molecule has 3 aliphatic rings. The quantitative estimate of drug-likeness (QED) is 0.528. The summed E-state index contributed by atoms with van der Waals surface area (Å²) in [5.74, 6) is 1.52. The number of methoxy groups -OCH3 is 1. The third-order valence-corrected chi connectivity index (χ3v) is 7.66. The number of hydrogen-bond donors (Lipinski definition) is 0. The maximum Gasteiger partial charge on any atom is 0.115 e. The fourth-order valence-corrected chi connectivity index (χ4v) is 6.31. The number of fused-ring (bicyclic) bond motifs is 3. The Morgan fingerprint density at radius 3 is 2.76 bits per heavy atom. The smallest absolute Gasteiger partial charge is 0.115 e. The van der Waals surface area contributed by atoms with Crippen LogP contribution in [0.25, 0.3) is 0 Å². The topological polar surface area (TPSA) is 9.23 Å². The van der Waals surface area contributed by atoms with Gasteiger partial charge in [0.2, 0.25) is 0 Å². The predicted molar refractivity (Wildman–Crippen MR) is 106 cm³/mol. The van der Waals surface area contributed by atoms with Crippen LogP contribution in [0.1, 0.15) is 69.8 Å². The second kappa shape index (κ2) is 6.78. The van der Waals surface area contributed by atoms with Gasteiger partial charge >= 0.3 is 0 Å². The molecule has 1 aromatic carbocycles. The molecule has 0 aliphatic heterocycles. The summed E-state index contributed by atoms with van der Waals surface area (Å²) in [6.45, 7) is 2.34. The van der Waals surface area contributed by atoms with Crippen LogP contribution < -0.4 is 5.46 Å². The highest BCUT2D eigenvalue weighted by atomic mass is 35.5. The van der Waals surface area contributed by atoms with Crippen LogP contribution >= 0.6 is 11.6 Å². The fourth-order valence-electron chi connectivity index (χ4n) is 6.19. The lowest BCUT2D eigenvalue weighted by Crippen LogP contribution is -2.56. The van der Waals surface area contributed by atoms with Gasteiger partial charge in [-0.25, -0.2) is 0 Å². The molecule has 132 valence electrons. The molecule has 25 heavy (non-hydrogen) atoms. The van der Waals surface area contributed by atoms with E-state index < -0.39 is 0 Å². The third-order valence-electron chi connectivity index (χ3n) is 7.32. The third kappa shape index (κ3) is 2.72. The Kier molecular flexibility index (Phi) is 4.79. The molecule has 0 N–H and O–H groups in total. The van der Waals surface area contributed by atoms with E-state index in [1.54, 1.807) is 11.1 Å². The minimum Gasteiger partial charge on any atom is -0.377 e. The summed E-state index contributed by atoms with van der Waals surface area (Å²) in [7, 11) is 8.05. The Morgan fingerprint density at radius 1 is 1.20 bits per heavy atom. The Morgan fingerprint density at radius 2 is 2.00 bits per heavy atom. The molecule has 3 heteroatoms. The number of hydrogen-bond acceptors (Lipinski definition) is 1. The Bertz CT molecular complexity index is 697. The van der Waals surface area contributed by atoms with Crippen molar-refractivity contribution in [2.75, 3.05) is 7.11 Å². The lowest BCUT2D eigenvalue weighted by Gasteiger charge is -2.57. The van der Waals surface area contributed by atoms with Gasteiger partial charge in [-0.1, -0.05) is 53.7 Å². The molecule has 0 amide bonds. The van der Waals surface area contributed by atoms with Crippen molar-refractivity contribution >= 4 is 24.9 Å². The molecular weight excluding hydrogens is 327 g/mol. The summed E-state index contributed by atoms with van der Waals surface area (Å²) in [6, 6.07) is 6.15. The Balaban J connectivity index is 1.79. The van der Waals surface area contributed by atoms with Crippen molar-refractivity contribution in [2.24, 2.45) is 11.8 Å². The zero-order chi connectivity index (χ0) is 17.6. The van der Waals surface area contributed by atoms with Gasteiger partial charge in [-0.2, -0.15) is 0 Å². The summed E-state index contributed by atoms with van der Waals surface area (Å²) in [4.78, 5) is 0. The average molecular weight is 355 g/mol. The molecule has 1 fully saturated rings. The normalized spacial score (nSPS) is 33.1. The zero-order valence-corrected chi connectivity index (χ0v) is 16.2. The fraction of sp³-hybridized carbons (Fsp3) is 0.636. The average Bonchev–Trinajstić information content (AvgIpc) is 2.63. The molecule has 2 bridgehead atoms. The van der Waals surface area contributed by atoms with Crippen molar-refractivity contribution in [1.82, 2.24) is 0 Å². The molecular formula is C22H28BClO. The van der Waals surface area contributed by atoms with Crippen molar-refractivity contribution < 1.29 is 4.74 Å². The highest BCUT2D eigenvalue weighted by Gasteiger charge is 2.55. The highest BCUT2D eigenvalue weighted by Crippen LogP contribution is 2.59. The number of benzene rings is 1. The number of allylic oxidation sites excluding steroid dienone is 1. The van der Waals surface area contributed by atoms with E-state index in [9.17, 15) is 0 Å². The van der Waals surface area contributed by atoms with Crippen LogP contribution in [0, 0.1) is 11.8 Å². The number of halogens is 1. The molecule has 4 atom stereocenters. The van der Waals surface area contributed by atoms with Crippen molar-refractivity contribution in [2.45, 2.75) is 69.8 Å². The highest BCUT2D eigenvalue weighted by molar-refractivity contribution is 6.45. The van der Waals surface area contributed by atoms with E-state index in [1.165, 1.54) is 56.9 Å². The second-order valence-corrected chi connectivity index (χ2v) is 8.69. The SMILES string of the molecule is [B]c1cc(C(C)C2(OC)C3CCCC2C2=C(CCCC2)C3)ccc1Cl. The lowest BCUT2D eigenvalue weighted by atomic mass is 9.53. The summed E-state index contributed by atoms with van der Waals surface area (Å²) >= 11 is 6.16. The van der Waals surface area contributed by atoms with Gasteiger partial charge in [-0.15, -0.1) is 0 Å². The minimum atomic E-state index is -0.0886. The maximum atomic E-state index is 6.47. The number of ether oxygens (including phenoxy) is 1. The van der Waals surface area contributed by atoms with Crippen LogP contribution in [0.2, 0.25) is 5.02 Å². The lowest BCUT2D eigenvalue weighted by molar-refractivity contribution is -0.136. The summed E-state index contributed by atoms with van der Waals surface area (Å²) in [5.41, 5.74) is 5.37. The molecule has 3 aliphatic carbocycles. The van der Waals surface area contributed by atoms with Crippen molar-refractivity contribution in [3.05, 3.63) is 39.9 Å². The molecule has 4 rings (SSSR count). The first kappa shape index (κ1) is 17.7. The van der Waals surface area contributed by atoms with E-state index in [1.807, 2.05) is 13.2 Å². The molecule has 4 unspecified atom stereocenters. The molecule has 0 aromatic heterocycles. The Labute approximate surface area is 158 Å². The van der Waals surface area contributed by atoms with E-state index in [2.05, 4.69) is 19.1 Å². The summed E-state index contributed by atoms with van der Waals surface area (Å²) in [5, 5.41) is 0.642. The van der Waals surface area contributed by atoms with E-state index in [0.29, 0.717) is 28.2 Å². The monoisotopic (exact) mass is 354 g/mol. The molecule has 1 nitrogen and oxygen atoms in total. The standard InChI is InChI=1S/C22H28BClO/c1-14(15-10-11-21(24)20(23)13-15)22(25-2)17-7-5-9-19(22)18-8-4-3-6-16(18)12-17/h10-11,13-14,17,19H,3-9,12H2,1-2H3. The largest absolute Gasteiger partial charge is 0.377 e. The second-order valence-electron chi connectivity index (χ2n) is 8.28. The first-order chi connectivity index (χ1) is 12.1. The van der Waals surface area contributed by atoms with Crippen molar-refractivity contribution in [3.8, 4) is 0 Å². The van der Waals surface area contributed by atoms with Gasteiger partial charge in [-0.05, 0) is 62.5 Å². The zero-order valence-electron chi connectivity index (χ0n) is 15.5. The molecule has 1 aromatic rings. The van der Waals surface area contributed by atoms with Gasteiger partial charge in [0.15, 0.2) is 0 Å². The first-order valence-corrected chi connectivity index (χ1v) is 10.3. The van der Waals surface area contributed by atoms with E-state index in [0.717, 1.165) is 0 Å². The molecule has 1 saturated carbocycles. The van der Waals surface area contributed by atoms with Gasteiger partial charge in [0.25, 0.3) is 0 Å². The van der Waals surface area contributed by atoms with Crippen LogP contribution in [-0.4, -0.2) is 20.6 Å². The van der Waals surface area contributed by atoms with Crippen LogP contribution in [0.5, 0.6) is 0 Å². The maximum absolute atomic E-state index is 6.47. The molecule has 0 spiro atoms. The van der Waals surface area contributed by atoms with Crippen LogP contribution in [-0.2, 0) is 4.74 Å². The number of rotatable bonds is 3. The van der Waals surface area contributed by atoms with Gasteiger partial charge in [0, 0.05) is 24.0 Å². The summed E-state index contributed by atoms with van der Waals surface area (Å²) < 4.78 is 6.47. The van der Waals surface area contributed by atoms with E-state index in [4.69, 9.17) is 24.2 Å². The van der Waals surface area contributed by atoms with Crippen molar-refractivity contribution in [3.63, 3.8) is 0 Å². The van der Waals surface area contributed by atoms with E-state index in [-0.39, 0.29) is 5.60 Å². The van der Waals surface area contributed by atoms with Crippen molar-refractivity contribution in [1.29, 1.82) is 0 Å². The van der Waals surface area contributed by atoms with Gasteiger partial charge in [-0.3, -0.25) is 0 Å². The van der Waals surface area contributed by atoms with Crippen LogP contribution in [0.15, 0.2) is 29.3 Å². The van der Waals surface area contributed by atoms with E-state index >= 15 is 0 Å². The molecule has 0 heterocycles. The van der Waals surface area contributed by atoms with Crippen LogP contribution in [0.4, 0.5) is 0 Å². The Hall–Kier alpha value is -0.725. The van der Waals surface area contributed by atoms with Gasteiger partial charge in [0.05, 0.1) is 5.60 Å². The predicted octanol–water partition coefficient (Wildman–Crippen LogP) is 5.31. The molecule has 2 radical (unpaired) electrons.